The molecular formula is C23H23N5O2. The number of anilines is 1. The predicted molar refractivity (Wildman–Crippen MR) is 114 cm³/mol. The maximum Gasteiger partial charge on any atom is 0.232 e. The van der Waals surface area contributed by atoms with Gasteiger partial charge in [0.05, 0.1) is 23.3 Å². The Balaban J connectivity index is 1.39. The summed E-state index contributed by atoms with van der Waals surface area (Å²) < 4.78 is 7.64. The van der Waals surface area contributed by atoms with E-state index in [9.17, 15) is 4.79 Å². The van der Waals surface area contributed by atoms with Crippen LogP contribution in [0.4, 0.5) is 5.69 Å². The molecule has 3 heterocycles. The van der Waals surface area contributed by atoms with Gasteiger partial charge in [-0.2, -0.15) is 4.98 Å². The Morgan fingerprint density at radius 3 is 2.80 bits per heavy atom. The third kappa shape index (κ3) is 3.07. The molecule has 152 valence electrons. The summed E-state index contributed by atoms with van der Waals surface area (Å²) in [6.07, 6.45) is 2.20. The summed E-state index contributed by atoms with van der Waals surface area (Å²) in [5.74, 6) is 0.997. The van der Waals surface area contributed by atoms with Crippen molar-refractivity contribution in [2.75, 3.05) is 11.4 Å². The maximum absolute atomic E-state index is 12.6. The van der Waals surface area contributed by atoms with E-state index in [1.165, 1.54) is 11.1 Å². The minimum Gasteiger partial charge on any atom is -0.339 e. The highest BCUT2D eigenvalue weighted by Crippen LogP contribution is 2.33. The molecule has 4 aromatic rings. The van der Waals surface area contributed by atoms with E-state index in [1.54, 1.807) is 0 Å². The highest BCUT2D eigenvalue weighted by molar-refractivity contribution is 5.96. The fourth-order valence-corrected chi connectivity index (χ4v) is 3.99. The SMILES string of the molecule is CCn1cnc2cc(-c3noc([C@H]4CC(=O)N(c5ccc(C)c(C)c5)C4)n3)ccc21. The second-order valence-electron chi connectivity index (χ2n) is 7.86. The molecule has 0 saturated carbocycles. The summed E-state index contributed by atoms with van der Waals surface area (Å²) in [4.78, 5) is 23.5. The number of hydrogen-bond acceptors (Lipinski definition) is 5. The van der Waals surface area contributed by atoms with Crippen molar-refractivity contribution >= 4 is 22.6 Å². The van der Waals surface area contributed by atoms with Crippen molar-refractivity contribution in [2.45, 2.75) is 39.7 Å². The predicted octanol–water partition coefficient (Wildman–Crippen LogP) is 4.24. The van der Waals surface area contributed by atoms with E-state index in [-0.39, 0.29) is 11.8 Å². The van der Waals surface area contributed by atoms with Crippen molar-refractivity contribution in [3.8, 4) is 11.4 Å². The summed E-state index contributed by atoms with van der Waals surface area (Å²) in [5.41, 5.74) is 6.14. The Labute approximate surface area is 174 Å². The zero-order chi connectivity index (χ0) is 20.8. The van der Waals surface area contributed by atoms with Crippen molar-refractivity contribution in [1.29, 1.82) is 0 Å². The lowest BCUT2D eigenvalue weighted by Gasteiger charge is -2.17. The van der Waals surface area contributed by atoms with E-state index in [4.69, 9.17) is 4.52 Å². The minimum atomic E-state index is -0.108. The first-order valence-corrected chi connectivity index (χ1v) is 10.2. The first kappa shape index (κ1) is 18.5. The molecular weight excluding hydrogens is 378 g/mol. The third-order valence-corrected chi connectivity index (χ3v) is 5.94. The highest BCUT2D eigenvalue weighted by atomic mass is 16.5. The van der Waals surface area contributed by atoms with Crippen LogP contribution in [0.15, 0.2) is 47.2 Å². The zero-order valence-corrected chi connectivity index (χ0v) is 17.3. The normalized spacial score (nSPS) is 16.7. The van der Waals surface area contributed by atoms with Crippen LogP contribution < -0.4 is 4.90 Å². The van der Waals surface area contributed by atoms with Crippen LogP contribution in [0.2, 0.25) is 0 Å². The fourth-order valence-electron chi connectivity index (χ4n) is 3.99. The fraction of sp³-hybridized carbons (Fsp3) is 0.304. The van der Waals surface area contributed by atoms with Crippen LogP contribution in [0.1, 0.15) is 36.3 Å². The Morgan fingerprint density at radius 1 is 1.13 bits per heavy atom. The summed E-state index contributed by atoms with van der Waals surface area (Å²) in [7, 11) is 0. The second-order valence-corrected chi connectivity index (χ2v) is 7.86. The molecule has 0 radical (unpaired) electrons. The molecule has 0 unspecified atom stereocenters. The lowest BCUT2D eigenvalue weighted by atomic mass is 10.1. The molecule has 1 aliphatic heterocycles. The molecule has 1 atom stereocenters. The van der Waals surface area contributed by atoms with Crippen LogP contribution in [-0.4, -0.2) is 32.1 Å². The van der Waals surface area contributed by atoms with Crippen LogP contribution in [0, 0.1) is 13.8 Å². The number of rotatable bonds is 4. The molecule has 2 aromatic heterocycles. The number of aryl methyl sites for hydroxylation is 3. The number of carbonyl (C=O) groups is 1. The molecule has 1 saturated heterocycles. The number of nitrogens with zero attached hydrogens (tertiary/aromatic N) is 5. The molecule has 1 amide bonds. The minimum absolute atomic E-state index is 0.0783. The van der Waals surface area contributed by atoms with Gasteiger partial charge in [0.1, 0.15) is 0 Å². The molecule has 0 bridgehead atoms. The lowest BCUT2D eigenvalue weighted by molar-refractivity contribution is -0.117. The molecule has 7 heteroatoms. The number of fused-ring (bicyclic) bond motifs is 1. The van der Waals surface area contributed by atoms with Gasteiger partial charge in [-0.25, -0.2) is 4.98 Å². The van der Waals surface area contributed by atoms with Crippen LogP contribution in [0.3, 0.4) is 0 Å². The standard InChI is InChI=1S/C23H23N5O2/c1-4-27-13-24-19-10-16(6-8-20(19)27)22-25-23(30-26-22)17-11-21(29)28(12-17)18-7-5-14(2)15(3)9-18/h5-10,13,17H,4,11-12H2,1-3H3/t17-/m0/s1. The lowest BCUT2D eigenvalue weighted by Crippen LogP contribution is -2.24. The molecule has 5 rings (SSSR count). The monoisotopic (exact) mass is 401 g/mol. The largest absolute Gasteiger partial charge is 0.339 e. The topological polar surface area (TPSA) is 77.0 Å². The summed E-state index contributed by atoms with van der Waals surface area (Å²) in [6, 6.07) is 12.1. The summed E-state index contributed by atoms with van der Waals surface area (Å²) >= 11 is 0. The van der Waals surface area contributed by atoms with Gasteiger partial charge in [0, 0.05) is 30.8 Å². The van der Waals surface area contributed by atoms with Gasteiger partial charge in [0.25, 0.3) is 0 Å². The van der Waals surface area contributed by atoms with E-state index in [0.717, 1.165) is 28.8 Å². The van der Waals surface area contributed by atoms with Gasteiger partial charge in [0.15, 0.2) is 0 Å². The van der Waals surface area contributed by atoms with E-state index < -0.39 is 0 Å². The van der Waals surface area contributed by atoms with Crippen LogP contribution in [0.5, 0.6) is 0 Å². The van der Waals surface area contributed by atoms with Gasteiger partial charge in [0.2, 0.25) is 17.6 Å². The van der Waals surface area contributed by atoms with Crippen LogP contribution >= 0.6 is 0 Å². The number of hydrogen-bond donors (Lipinski definition) is 0. The van der Waals surface area contributed by atoms with E-state index >= 15 is 0 Å². The Hall–Kier alpha value is -3.48. The van der Waals surface area contributed by atoms with Crippen LogP contribution in [0.25, 0.3) is 22.4 Å². The van der Waals surface area contributed by atoms with Gasteiger partial charge in [-0.05, 0) is 62.2 Å². The maximum atomic E-state index is 12.6. The van der Waals surface area contributed by atoms with Gasteiger partial charge in [-0.1, -0.05) is 11.2 Å². The van der Waals surface area contributed by atoms with Gasteiger partial charge in [-0.3, -0.25) is 4.79 Å². The first-order valence-electron chi connectivity index (χ1n) is 10.2. The molecule has 2 aromatic carbocycles. The quantitative estimate of drug-likeness (QED) is 0.511. The Morgan fingerprint density at radius 2 is 2.00 bits per heavy atom. The smallest absolute Gasteiger partial charge is 0.232 e. The first-order chi connectivity index (χ1) is 14.5. The average molecular weight is 401 g/mol. The number of amides is 1. The van der Waals surface area contributed by atoms with Gasteiger partial charge < -0.3 is 14.0 Å². The van der Waals surface area contributed by atoms with E-state index in [0.29, 0.717) is 24.7 Å². The van der Waals surface area contributed by atoms with Crippen molar-refractivity contribution in [1.82, 2.24) is 19.7 Å². The molecule has 30 heavy (non-hydrogen) atoms. The number of carbonyl (C=O) groups excluding carboxylic acids is 1. The van der Waals surface area contributed by atoms with E-state index in [1.807, 2.05) is 41.6 Å². The second kappa shape index (κ2) is 7.09. The van der Waals surface area contributed by atoms with Crippen LogP contribution in [-0.2, 0) is 11.3 Å². The Bertz CT molecular complexity index is 1260. The molecule has 0 N–H and O–H groups in total. The number of benzene rings is 2. The Kier molecular flexibility index (Phi) is 4.38. The zero-order valence-electron chi connectivity index (χ0n) is 17.3. The highest BCUT2D eigenvalue weighted by Gasteiger charge is 2.35. The van der Waals surface area contributed by atoms with E-state index in [2.05, 4.69) is 46.5 Å². The number of imidazole rings is 1. The number of aromatic nitrogens is 4. The molecule has 1 aliphatic rings. The summed E-state index contributed by atoms with van der Waals surface area (Å²) in [6.45, 7) is 7.63. The van der Waals surface area contributed by atoms with Gasteiger partial charge >= 0.3 is 0 Å². The third-order valence-electron chi connectivity index (χ3n) is 5.94. The van der Waals surface area contributed by atoms with Crippen molar-refractivity contribution in [3.63, 3.8) is 0 Å². The summed E-state index contributed by atoms with van der Waals surface area (Å²) in [5, 5.41) is 4.16. The molecule has 1 fully saturated rings. The van der Waals surface area contributed by atoms with Gasteiger partial charge in [-0.15, -0.1) is 0 Å². The molecule has 7 nitrogen and oxygen atoms in total. The molecule has 0 spiro atoms. The average Bonchev–Trinajstić information content (AvgIpc) is 3.47. The van der Waals surface area contributed by atoms with Crippen molar-refractivity contribution < 1.29 is 9.32 Å². The molecule has 0 aliphatic carbocycles. The van der Waals surface area contributed by atoms with Crippen molar-refractivity contribution in [3.05, 3.63) is 59.7 Å². The van der Waals surface area contributed by atoms with Crippen molar-refractivity contribution in [2.24, 2.45) is 0 Å².